The first-order valence-corrected chi connectivity index (χ1v) is 8.18. The van der Waals surface area contributed by atoms with Crippen LogP contribution in [0.25, 0.3) is 0 Å². The minimum absolute atomic E-state index is 0.0993. The van der Waals surface area contributed by atoms with Crippen LogP contribution in [-0.4, -0.2) is 18.4 Å². The Hall–Kier alpha value is -1.85. The molecule has 1 aromatic carbocycles. The van der Waals surface area contributed by atoms with E-state index in [0.29, 0.717) is 16.4 Å². The first kappa shape index (κ1) is 16.5. The summed E-state index contributed by atoms with van der Waals surface area (Å²) in [6, 6.07) is 10.8. The van der Waals surface area contributed by atoms with Crippen LogP contribution in [0.5, 0.6) is 0 Å². The monoisotopic (exact) mass is 336 g/mol. The van der Waals surface area contributed by atoms with Crippen LogP contribution >= 0.6 is 22.9 Å². The minimum atomic E-state index is -0.145. The number of benzene rings is 1. The number of halogens is 1. The first-order valence-electron chi connectivity index (χ1n) is 6.93. The average Bonchev–Trinajstić information content (AvgIpc) is 3.02. The lowest BCUT2D eigenvalue weighted by atomic mass is 10.1. The molecule has 2 N–H and O–H groups in total. The van der Waals surface area contributed by atoms with Gasteiger partial charge in [0.05, 0.1) is 10.9 Å². The van der Waals surface area contributed by atoms with Crippen LogP contribution in [0.2, 0.25) is 5.02 Å². The van der Waals surface area contributed by atoms with Gasteiger partial charge in [0.1, 0.15) is 0 Å². The molecule has 0 fully saturated rings. The molecule has 2 aromatic rings. The number of carbonyl (C=O) groups is 2. The van der Waals surface area contributed by atoms with Gasteiger partial charge in [0.25, 0.3) is 5.91 Å². The lowest BCUT2D eigenvalue weighted by Crippen LogP contribution is -2.31. The van der Waals surface area contributed by atoms with Crippen molar-refractivity contribution in [3.63, 3.8) is 0 Å². The van der Waals surface area contributed by atoms with Gasteiger partial charge in [0.2, 0.25) is 5.91 Å². The largest absolute Gasteiger partial charge is 0.351 e. The summed E-state index contributed by atoms with van der Waals surface area (Å²) >= 11 is 7.21. The predicted octanol–water partition coefficient (Wildman–Crippen LogP) is 3.40. The topological polar surface area (TPSA) is 58.2 Å². The fraction of sp³-hybridized carbons (Fsp3) is 0.250. The molecule has 1 unspecified atom stereocenters. The molecule has 1 aromatic heterocycles. The van der Waals surface area contributed by atoms with E-state index in [2.05, 4.69) is 10.6 Å². The highest BCUT2D eigenvalue weighted by Gasteiger charge is 2.10. The van der Waals surface area contributed by atoms with Crippen LogP contribution in [0, 0.1) is 0 Å². The van der Waals surface area contributed by atoms with Crippen LogP contribution in [0.15, 0.2) is 41.8 Å². The maximum atomic E-state index is 11.9. The van der Waals surface area contributed by atoms with Gasteiger partial charge in [-0.3, -0.25) is 9.59 Å². The fourth-order valence-electron chi connectivity index (χ4n) is 1.93. The van der Waals surface area contributed by atoms with Gasteiger partial charge in [0, 0.05) is 18.0 Å². The van der Waals surface area contributed by atoms with Crippen LogP contribution in [0.4, 0.5) is 0 Å². The van der Waals surface area contributed by atoms with E-state index in [1.807, 2.05) is 30.5 Å². The molecule has 1 heterocycles. The van der Waals surface area contributed by atoms with Gasteiger partial charge in [-0.25, -0.2) is 0 Å². The third kappa shape index (κ3) is 4.86. The molecular formula is C16H17ClN2O2S. The number of nitrogens with one attached hydrogen (secondary N) is 2. The average molecular weight is 337 g/mol. The molecule has 0 aliphatic carbocycles. The molecule has 2 amide bonds. The quantitative estimate of drug-likeness (QED) is 0.849. The Balaban J connectivity index is 1.73. The van der Waals surface area contributed by atoms with Crippen molar-refractivity contribution in [1.82, 2.24) is 10.6 Å². The second-order valence-corrected chi connectivity index (χ2v) is 6.21. The molecular weight excluding hydrogens is 320 g/mol. The van der Waals surface area contributed by atoms with E-state index in [-0.39, 0.29) is 24.3 Å². The first-order chi connectivity index (χ1) is 10.6. The van der Waals surface area contributed by atoms with Crippen molar-refractivity contribution in [3.05, 3.63) is 57.2 Å². The zero-order chi connectivity index (χ0) is 15.9. The van der Waals surface area contributed by atoms with E-state index in [1.54, 1.807) is 18.2 Å². The molecule has 0 radical (unpaired) electrons. The third-order valence-electron chi connectivity index (χ3n) is 3.13. The minimum Gasteiger partial charge on any atom is -0.351 e. The van der Waals surface area contributed by atoms with E-state index in [0.717, 1.165) is 5.56 Å². The van der Waals surface area contributed by atoms with Crippen molar-refractivity contribution in [2.75, 3.05) is 6.54 Å². The van der Waals surface area contributed by atoms with Gasteiger partial charge < -0.3 is 10.6 Å². The van der Waals surface area contributed by atoms with E-state index in [4.69, 9.17) is 11.6 Å². The Bertz CT molecular complexity index is 626. The molecule has 0 spiro atoms. The highest BCUT2D eigenvalue weighted by molar-refractivity contribution is 7.12. The molecule has 22 heavy (non-hydrogen) atoms. The maximum Gasteiger partial charge on any atom is 0.261 e. The third-order valence-corrected chi connectivity index (χ3v) is 4.25. The number of thiophene rings is 1. The predicted molar refractivity (Wildman–Crippen MR) is 89.3 cm³/mol. The summed E-state index contributed by atoms with van der Waals surface area (Å²) < 4.78 is 0. The second kappa shape index (κ2) is 7.96. The van der Waals surface area contributed by atoms with Crippen molar-refractivity contribution in [2.24, 2.45) is 0 Å². The zero-order valence-corrected chi connectivity index (χ0v) is 13.7. The number of hydrogen-bond donors (Lipinski definition) is 2. The summed E-state index contributed by atoms with van der Waals surface area (Å²) in [4.78, 5) is 24.2. The fourth-order valence-corrected chi connectivity index (χ4v) is 2.70. The molecule has 0 saturated carbocycles. The summed E-state index contributed by atoms with van der Waals surface area (Å²) in [6.45, 7) is 2.22. The van der Waals surface area contributed by atoms with Crippen LogP contribution in [-0.2, 0) is 4.79 Å². The van der Waals surface area contributed by atoms with Crippen LogP contribution < -0.4 is 10.6 Å². The van der Waals surface area contributed by atoms with E-state index >= 15 is 0 Å². The molecule has 6 heteroatoms. The summed E-state index contributed by atoms with van der Waals surface area (Å²) in [7, 11) is 0. The molecule has 0 aliphatic heterocycles. The van der Waals surface area contributed by atoms with Gasteiger partial charge >= 0.3 is 0 Å². The maximum absolute atomic E-state index is 11.9. The molecule has 2 rings (SSSR count). The molecule has 1 atom stereocenters. The normalized spacial score (nSPS) is 11.7. The SMILES string of the molecule is CC(NC(=O)CCNC(=O)c1cccs1)c1ccc(Cl)cc1. The zero-order valence-electron chi connectivity index (χ0n) is 12.1. The van der Waals surface area contributed by atoms with Crippen molar-refractivity contribution in [3.8, 4) is 0 Å². The Morgan fingerprint density at radius 2 is 1.95 bits per heavy atom. The lowest BCUT2D eigenvalue weighted by molar-refractivity contribution is -0.121. The Morgan fingerprint density at radius 1 is 1.23 bits per heavy atom. The number of carbonyl (C=O) groups excluding carboxylic acids is 2. The number of amides is 2. The van der Waals surface area contributed by atoms with Crippen LogP contribution in [0.3, 0.4) is 0 Å². The molecule has 116 valence electrons. The Labute approximate surface area is 138 Å². The summed E-state index contributed by atoms with van der Waals surface area (Å²) in [5.74, 6) is -0.248. The van der Waals surface area contributed by atoms with Crippen molar-refractivity contribution < 1.29 is 9.59 Å². The number of rotatable bonds is 6. The molecule has 4 nitrogen and oxygen atoms in total. The van der Waals surface area contributed by atoms with Gasteiger partial charge in [-0.15, -0.1) is 11.3 Å². The Kier molecular flexibility index (Phi) is 5.98. The van der Waals surface area contributed by atoms with Crippen LogP contribution in [0.1, 0.15) is 34.6 Å². The van der Waals surface area contributed by atoms with Crippen molar-refractivity contribution >= 4 is 34.8 Å². The summed E-state index contributed by atoms with van der Waals surface area (Å²) in [5, 5.41) is 8.13. The second-order valence-electron chi connectivity index (χ2n) is 4.82. The lowest BCUT2D eigenvalue weighted by Gasteiger charge is -2.14. The van der Waals surface area contributed by atoms with E-state index in [9.17, 15) is 9.59 Å². The molecule has 0 bridgehead atoms. The highest BCUT2D eigenvalue weighted by atomic mass is 35.5. The number of hydrogen-bond acceptors (Lipinski definition) is 3. The standard InChI is InChI=1S/C16H17ClN2O2S/c1-11(12-4-6-13(17)7-5-12)19-15(20)8-9-18-16(21)14-3-2-10-22-14/h2-7,10-11H,8-9H2,1H3,(H,18,21)(H,19,20). The molecule has 0 saturated heterocycles. The summed E-state index contributed by atoms with van der Waals surface area (Å²) in [5.41, 5.74) is 0.986. The Morgan fingerprint density at radius 3 is 2.59 bits per heavy atom. The van der Waals surface area contributed by atoms with E-state index in [1.165, 1.54) is 11.3 Å². The van der Waals surface area contributed by atoms with Gasteiger partial charge in [-0.05, 0) is 36.1 Å². The van der Waals surface area contributed by atoms with Gasteiger partial charge in [0.15, 0.2) is 0 Å². The van der Waals surface area contributed by atoms with Gasteiger partial charge in [-0.2, -0.15) is 0 Å². The molecule has 0 aliphatic rings. The highest BCUT2D eigenvalue weighted by Crippen LogP contribution is 2.16. The smallest absolute Gasteiger partial charge is 0.261 e. The van der Waals surface area contributed by atoms with Crippen molar-refractivity contribution in [2.45, 2.75) is 19.4 Å². The van der Waals surface area contributed by atoms with Crippen molar-refractivity contribution in [1.29, 1.82) is 0 Å². The summed E-state index contributed by atoms with van der Waals surface area (Å²) in [6.07, 6.45) is 0.245. The van der Waals surface area contributed by atoms with Gasteiger partial charge in [-0.1, -0.05) is 29.8 Å². The van der Waals surface area contributed by atoms with E-state index < -0.39 is 0 Å².